The quantitative estimate of drug-likeness (QED) is 0.335. The Morgan fingerprint density at radius 3 is 1.00 bits per heavy atom. The van der Waals surface area contributed by atoms with Crippen LogP contribution in [0.5, 0.6) is 0 Å². The standard InChI is InChI=1S/C25H50O5/c26-23-21-19-17-15-13-11-9-7-5-3-1-2-4-6-8-10-12-14-16-18-20-22-24(27,28)25(23,29)30/h23,26-30H,1-22H2. The van der Waals surface area contributed by atoms with Gasteiger partial charge in [0.25, 0.3) is 0 Å². The first-order chi connectivity index (χ1) is 14.4. The maximum atomic E-state index is 10.2. The summed E-state index contributed by atoms with van der Waals surface area (Å²) in [7, 11) is 0. The Hall–Kier alpha value is -0.200. The number of hydrogen-bond acceptors (Lipinski definition) is 5. The summed E-state index contributed by atoms with van der Waals surface area (Å²) in [5.74, 6) is -5.57. The minimum Gasteiger partial charge on any atom is -0.387 e. The molecular formula is C25H50O5. The zero-order valence-corrected chi connectivity index (χ0v) is 19.4. The smallest absolute Gasteiger partial charge is 0.245 e. The highest BCUT2D eigenvalue weighted by Gasteiger charge is 2.51. The van der Waals surface area contributed by atoms with Gasteiger partial charge in [-0.3, -0.25) is 0 Å². The minimum atomic E-state index is -2.89. The third kappa shape index (κ3) is 12.0. The monoisotopic (exact) mass is 430 g/mol. The lowest BCUT2D eigenvalue weighted by molar-refractivity contribution is -0.386. The summed E-state index contributed by atoms with van der Waals surface area (Å²) in [5, 5.41) is 50.8. The average molecular weight is 431 g/mol. The molecule has 0 aromatic carbocycles. The van der Waals surface area contributed by atoms with Crippen molar-refractivity contribution in [2.45, 2.75) is 159 Å². The van der Waals surface area contributed by atoms with Gasteiger partial charge in [-0.15, -0.1) is 0 Å². The molecular weight excluding hydrogens is 380 g/mol. The van der Waals surface area contributed by atoms with E-state index in [4.69, 9.17) is 0 Å². The molecule has 0 spiro atoms. The van der Waals surface area contributed by atoms with Crippen molar-refractivity contribution in [3.05, 3.63) is 0 Å². The van der Waals surface area contributed by atoms with Gasteiger partial charge in [-0.25, -0.2) is 0 Å². The summed E-state index contributed by atoms with van der Waals surface area (Å²) in [6.07, 6.45) is 21.6. The molecule has 1 unspecified atom stereocenters. The molecule has 1 atom stereocenters. The van der Waals surface area contributed by atoms with Crippen LogP contribution in [-0.2, 0) is 0 Å². The van der Waals surface area contributed by atoms with Gasteiger partial charge in [0.2, 0.25) is 11.6 Å². The second kappa shape index (κ2) is 16.4. The van der Waals surface area contributed by atoms with Crippen LogP contribution < -0.4 is 0 Å². The molecule has 1 fully saturated rings. The highest BCUT2D eigenvalue weighted by atomic mass is 16.6. The predicted molar refractivity (Wildman–Crippen MR) is 122 cm³/mol. The van der Waals surface area contributed by atoms with Crippen LogP contribution in [0, 0.1) is 0 Å². The highest BCUT2D eigenvalue weighted by Crippen LogP contribution is 2.29. The van der Waals surface area contributed by atoms with E-state index in [1.807, 2.05) is 0 Å². The van der Waals surface area contributed by atoms with Gasteiger partial charge in [0, 0.05) is 6.42 Å². The van der Waals surface area contributed by atoms with Crippen LogP contribution in [0.1, 0.15) is 141 Å². The van der Waals surface area contributed by atoms with Crippen molar-refractivity contribution in [3.63, 3.8) is 0 Å². The van der Waals surface area contributed by atoms with E-state index in [2.05, 4.69) is 0 Å². The Labute approximate surface area is 184 Å². The third-order valence-electron chi connectivity index (χ3n) is 6.81. The van der Waals surface area contributed by atoms with Gasteiger partial charge in [0.05, 0.1) is 0 Å². The van der Waals surface area contributed by atoms with Gasteiger partial charge in [0.15, 0.2) is 0 Å². The molecule has 1 aliphatic carbocycles. The Balaban J connectivity index is 2.39. The van der Waals surface area contributed by atoms with Gasteiger partial charge in [0.1, 0.15) is 6.10 Å². The van der Waals surface area contributed by atoms with Crippen LogP contribution in [0.2, 0.25) is 0 Å². The summed E-state index contributed by atoms with van der Waals surface area (Å²) in [4.78, 5) is 0. The first kappa shape index (κ1) is 27.8. The lowest BCUT2D eigenvalue weighted by Crippen LogP contribution is -2.61. The maximum Gasteiger partial charge on any atom is 0.245 e. The van der Waals surface area contributed by atoms with Crippen LogP contribution in [-0.4, -0.2) is 43.2 Å². The molecule has 180 valence electrons. The Bertz CT molecular complexity index is 397. The van der Waals surface area contributed by atoms with E-state index in [9.17, 15) is 25.5 Å². The second-order valence-corrected chi connectivity index (χ2v) is 9.67. The summed E-state index contributed by atoms with van der Waals surface area (Å²) in [6, 6.07) is 0. The van der Waals surface area contributed by atoms with Gasteiger partial charge in [-0.05, 0) is 12.8 Å². The Morgan fingerprint density at radius 1 is 0.400 bits per heavy atom. The predicted octanol–water partition coefficient (Wildman–Crippen LogP) is 5.30. The summed E-state index contributed by atoms with van der Waals surface area (Å²) in [6.45, 7) is 0. The van der Waals surface area contributed by atoms with E-state index in [0.29, 0.717) is 12.8 Å². The zero-order chi connectivity index (χ0) is 22.1. The van der Waals surface area contributed by atoms with Crippen molar-refractivity contribution in [1.29, 1.82) is 0 Å². The molecule has 0 saturated heterocycles. The van der Waals surface area contributed by atoms with Crippen LogP contribution in [0.25, 0.3) is 0 Å². The maximum absolute atomic E-state index is 10.2. The summed E-state index contributed by atoms with van der Waals surface area (Å²) in [5.41, 5.74) is 0. The van der Waals surface area contributed by atoms with Gasteiger partial charge < -0.3 is 25.5 Å². The van der Waals surface area contributed by atoms with Crippen molar-refractivity contribution in [2.24, 2.45) is 0 Å². The molecule has 0 aliphatic heterocycles. The summed E-state index contributed by atoms with van der Waals surface area (Å²) >= 11 is 0. The van der Waals surface area contributed by atoms with Crippen molar-refractivity contribution < 1.29 is 25.5 Å². The third-order valence-corrected chi connectivity index (χ3v) is 6.81. The van der Waals surface area contributed by atoms with Crippen molar-refractivity contribution in [2.75, 3.05) is 0 Å². The molecule has 0 bridgehead atoms. The van der Waals surface area contributed by atoms with E-state index in [-0.39, 0.29) is 12.8 Å². The molecule has 0 heterocycles. The molecule has 5 heteroatoms. The fourth-order valence-corrected chi connectivity index (χ4v) is 4.54. The first-order valence-electron chi connectivity index (χ1n) is 13.0. The number of rotatable bonds is 0. The molecule has 5 N–H and O–H groups in total. The number of aliphatic hydroxyl groups excluding tert-OH is 1. The molecule has 5 nitrogen and oxygen atoms in total. The minimum absolute atomic E-state index is 0.142. The molecule has 0 aromatic rings. The van der Waals surface area contributed by atoms with Gasteiger partial charge >= 0.3 is 0 Å². The molecule has 1 saturated carbocycles. The Kier molecular flexibility index (Phi) is 15.2. The Morgan fingerprint density at radius 2 is 0.667 bits per heavy atom. The lowest BCUT2D eigenvalue weighted by Gasteiger charge is -2.38. The second-order valence-electron chi connectivity index (χ2n) is 9.67. The molecule has 0 radical (unpaired) electrons. The highest BCUT2D eigenvalue weighted by molar-refractivity contribution is 4.88. The van der Waals surface area contributed by atoms with Crippen LogP contribution in [0.15, 0.2) is 0 Å². The first-order valence-corrected chi connectivity index (χ1v) is 13.0. The van der Waals surface area contributed by atoms with Crippen molar-refractivity contribution >= 4 is 0 Å². The number of hydrogen-bond donors (Lipinski definition) is 5. The van der Waals surface area contributed by atoms with E-state index in [1.54, 1.807) is 0 Å². The fourth-order valence-electron chi connectivity index (χ4n) is 4.54. The van der Waals surface area contributed by atoms with Crippen LogP contribution >= 0.6 is 0 Å². The SMILES string of the molecule is OC1CCCCCCCCCCCCCCCCCCCCCCC(O)(O)C1(O)O. The van der Waals surface area contributed by atoms with E-state index in [1.165, 1.54) is 83.5 Å². The zero-order valence-electron chi connectivity index (χ0n) is 19.4. The van der Waals surface area contributed by atoms with E-state index < -0.39 is 17.7 Å². The van der Waals surface area contributed by atoms with Gasteiger partial charge in [-0.1, -0.05) is 122 Å². The molecule has 30 heavy (non-hydrogen) atoms. The molecule has 0 aromatic heterocycles. The fraction of sp³-hybridized carbons (Fsp3) is 1.00. The molecule has 1 aliphatic rings. The lowest BCUT2D eigenvalue weighted by atomic mass is 9.91. The van der Waals surface area contributed by atoms with Crippen LogP contribution in [0.3, 0.4) is 0 Å². The normalized spacial score (nSPS) is 28.1. The van der Waals surface area contributed by atoms with E-state index >= 15 is 0 Å². The number of aliphatic hydroxyl groups is 5. The van der Waals surface area contributed by atoms with Crippen LogP contribution in [0.4, 0.5) is 0 Å². The largest absolute Gasteiger partial charge is 0.387 e. The average Bonchev–Trinajstić information content (AvgIpc) is 2.70. The van der Waals surface area contributed by atoms with Crippen molar-refractivity contribution in [1.82, 2.24) is 0 Å². The molecule has 0 amide bonds. The van der Waals surface area contributed by atoms with Gasteiger partial charge in [-0.2, -0.15) is 0 Å². The molecule has 1 rings (SSSR count). The topological polar surface area (TPSA) is 101 Å². The summed E-state index contributed by atoms with van der Waals surface area (Å²) < 4.78 is 0. The van der Waals surface area contributed by atoms with Crippen molar-refractivity contribution in [3.8, 4) is 0 Å². The van der Waals surface area contributed by atoms with E-state index in [0.717, 1.165) is 32.1 Å².